The first-order valence-electron chi connectivity index (χ1n) is 8.80. The Morgan fingerprint density at radius 3 is 2.88 bits per heavy atom. The van der Waals surface area contributed by atoms with Crippen molar-refractivity contribution < 1.29 is 9.53 Å². The second kappa shape index (κ2) is 6.87. The van der Waals surface area contributed by atoms with E-state index in [1.807, 2.05) is 37.0 Å². The van der Waals surface area contributed by atoms with Crippen molar-refractivity contribution >= 4 is 11.6 Å². The number of carbonyl (C=O) groups excluding carboxylic acids is 1. The Balaban J connectivity index is 1.65. The number of amides is 1. The summed E-state index contributed by atoms with van der Waals surface area (Å²) in [5.74, 6) is 0.953. The van der Waals surface area contributed by atoms with E-state index in [9.17, 15) is 4.79 Å². The van der Waals surface area contributed by atoms with Crippen molar-refractivity contribution in [1.29, 1.82) is 0 Å². The third-order valence-electron chi connectivity index (χ3n) is 4.91. The van der Waals surface area contributed by atoms with Crippen LogP contribution in [0.15, 0.2) is 30.9 Å². The Morgan fingerprint density at radius 2 is 2.15 bits per heavy atom. The van der Waals surface area contributed by atoms with E-state index in [-0.39, 0.29) is 17.9 Å². The van der Waals surface area contributed by atoms with Gasteiger partial charge in [-0.05, 0) is 31.7 Å². The molecule has 0 bridgehead atoms. The van der Waals surface area contributed by atoms with E-state index in [0.29, 0.717) is 24.4 Å². The molecule has 0 radical (unpaired) electrons. The number of aromatic nitrogens is 5. The molecular weight excluding hydrogens is 332 g/mol. The van der Waals surface area contributed by atoms with E-state index >= 15 is 0 Å². The summed E-state index contributed by atoms with van der Waals surface area (Å²) >= 11 is 0. The molecule has 1 aliphatic rings. The SMILES string of the molecule is Cc1ccn2ncc(C(=O)NC(c3nccn3C)C3CCOCC3)c2n1. The van der Waals surface area contributed by atoms with Gasteiger partial charge in [0.25, 0.3) is 5.91 Å². The van der Waals surface area contributed by atoms with E-state index in [2.05, 4.69) is 20.4 Å². The molecule has 8 heteroatoms. The lowest BCUT2D eigenvalue weighted by Crippen LogP contribution is -2.37. The number of nitrogens with one attached hydrogen (secondary N) is 1. The zero-order valence-electron chi connectivity index (χ0n) is 14.9. The maximum Gasteiger partial charge on any atom is 0.257 e. The largest absolute Gasteiger partial charge is 0.381 e. The number of fused-ring (bicyclic) bond motifs is 1. The molecule has 4 heterocycles. The topological polar surface area (TPSA) is 86.3 Å². The number of hydrogen-bond donors (Lipinski definition) is 1. The lowest BCUT2D eigenvalue weighted by molar-refractivity contribution is 0.0499. The molecule has 3 aromatic rings. The maximum absolute atomic E-state index is 13.0. The highest BCUT2D eigenvalue weighted by molar-refractivity contribution is 5.99. The van der Waals surface area contributed by atoms with Gasteiger partial charge in [0.05, 0.1) is 12.2 Å². The Morgan fingerprint density at radius 1 is 1.35 bits per heavy atom. The normalized spacial score (nSPS) is 16.7. The van der Waals surface area contributed by atoms with E-state index in [1.54, 1.807) is 16.9 Å². The van der Waals surface area contributed by atoms with Crippen molar-refractivity contribution in [3.05, 3.63) is 47.9 Å². The summed E-state index contributed by atoms with van der Waals surface area (Å²) in [5.41, 5.74) is 1.88. The van der Waals surface area contributed by atoms with Gasteiger partial charge >= 0.3 is 0 Å². The summed E-state index contributed by atoms with van der Waals surface area (Å²) in [7, 11) is 1.95. The zero-order chi connectivity index (χ0) is 18.1. The summed E-state index contributed by atoms with van der Waals surface area (Å²) in [5, 5.41) is 7.41. The number of imidazole rings is 1. The molecule has 0 aromatic carbocycles. The summed E-state index contributed by atoms with van der Waals surface area (Å²) in [6.07, 6.45) is 8.82. The fourth-order valence-electron chi connectivity index (χ4n) is 3.46. The number of rotatable bonds is 4. The minimum atomic E-state index is -0.183. The fraction of sp³-hybridized carbons (Fsp3) is 0.444. The summed E-state index contributed by atoms with van der Waals surface area (Å²) in [6, 6.07) is 1.69. The molecule has 1 unspecified atom stereocenters. The van der Waals surface area contributed by atoms with Crippen LogP contribution in [-0.2, 0) is 11.8 Å². The molecule has 0 spiro atoms. The predicted octanol–water partition coefficient (Wildman–Crippen LogP) is 1.67. The molecule has 1 saturated heterocycles. The van der Waals surface area contributed by atoms with Crippen molar-refractivity contribution in [2.24, 2.45) is 13.0 Å². The van der Waals surface area contributed by atoms with E-state index < -0.39 is 0 Å². The lowest BCUT2D eigenvalue weighted by atomic mass is 9.91. The van der Waals surface area contributed by atoms with Gasteiger partial charge in [0, 0.05) is 44.5 Å². The predicted molar refractivity (Wildman–Crippen MR) is 94.7 cm³/mol. The van der Waals surface area contributed by atoms with Crippen LogP contribution in [0.4, 0.5) is 0 Å². The van der Waals surface area contributed by atoms with Crippen LogP contribution in [0.25, 0.3) is 5.65 Å². The van der Waals surface area contributed by atoms with Gasteiger partial charge in [-0.1, -0.05) is 0 Å². The van der Waals surface area contributed by atoms with E-state index in [1.165, 1.54) is 0 Å². The van der Waals surface area contributed by atoms with Crippen LogP contribution in [0.1, 0.15) is 40.8 Å². The smallest absolute Gasteiger partial charge is 0.257 e. The minimum absolute atomic E-state index is 0.175. The fourth-order valence-corrected chi connectivity index (χ4v) is 3.46. The van der Waals surface area contributed by atoms with Crippen LogP contribution in [0.3, 0.4) is 0 Å². The molecule has 4 rings (SSSR count). The van der Waals surface area contributed by atoms with Gasteiger partial charge in [0.15, 0.2) is 5.65 Å². The molecule has 136 valence electrons. The third-order valence-corrected chi connectivity index (χ3v) is 4.91. The second-order valence-corrected chi connectivity index (χ2v) is 6.69. The molecule has 26 heavy (non-hydrogen) atoms. The van der Waals surface area contributed by atoms with Crippen molar-refractivity contribution in [3.8, 4) is 0 Å². The van der Waals surface area contributed by atoms with Crippen molar-refractivity contribution in [3.63, 3.8) is 0 Å². The molecule has 1 amide bonds. The van der Waals surface area contributed by atoms with Crippen LogP contribution >= 0.6 is 0 Å². The Kier molecular flexibility index (Phi) is 4.42. The monoisotopic (exact) mass is 354 g/mol. The van der Waals surface area contributed by atoms with Gasteiger partial charge in [-0.3, -0.25) is 4.79 Å². The highest BCUT2D eigenvalue weighted by Crippen LogP contribution is 2.29. The van der Waals surface area contributed by atoms with E-state index in [0.717, 1.165) is 24.4 Å². The van der Waals surface area contributed by atoms with Crippen LogP contribution in [0, 0.1) is 12.8 Å². The standard InChI is InChI=1S/C18H22N6O2/c1-12-3-7-24-16(21-12)14(11-20-24)18(25)22-15(13-4-9-26-10-5-13)17-19-6-8-23(17)2/h3,6-8,11,13,15H,4-5,9-10H2,1-2H3,(H,22,25). The Labute approximate surface area is 151 Å². The van der Waals surface area contributed by atoms with Crippen LogP contribution < -0.4 is 5.32 Å². The van der Waals surface area contributed by atoms with Gasteiger partial charge in [0.2, 0.25) is 0 Å². The Hall–Kier alpha value is -2.74. The van der Waals surface area contributed by atoms with Crippen molar-refractivity contribution in [1.82, 2.24) is 29.5 Å². The van der Waals surface area contributed by atoms with Crippen LogP contribution in [-0.4, -0.2) is 43.3 Å². The first kappa shape index (κ1) is 16.7. The lowest BCUT2D eigenvalue weighted by Gasteiger charge is -2.30. The first-order valence-corrected chi connectivity index (χ1v) is 8.80. The zero-order valence-corrected chi connectivity index (χ0v) is 14.9. The maximum atomic E-state index is 13.0. The average molecular weight is 354 g/mol. The quantitative estimate of drug-likeness (QED) is 0.770. The summed E-state index contributed by atoms with van der Waals surface area (Å²) < 4.78 is 9.06. The number of ether oxygens (including phenoxy) is 1. The first-order chi connectivity index (χ1) is 12.6. The van der Waals surface area contributed by atoms with E-state index in [4.69, 9.17) is 4.74 Å². The second-order valence-electron chi connectivity index (χ2n) is 6.69. The molecule has 1 fully saturated rings. The van der Waals surface area contributed by atoms with Crippen LogP contribution in [0.5, 0.6) is 0 Å². The number of hydrogen-bond acceptors (Lipinski definition) is 5. The average Bonchev–Trinajstić information content (AvgIpc) is 3.26. The van der Waals surface area contributed by atoms with Gasteiger partial charge in [-0.2, -0.15) is 5.10 Å². The third kappa shape index (κ3) is 3.08. The summed E-state index contributed by atoms with van der Waals surface area (Å²) in [6.45, 7) is 3.31. The summed E-state index contributed by atoms with van der Waals surface area (Å²) in [4.78, 5) is 21.9. The molecule has 1 aliphatic heterocycles. The van der Waals surface area contributed by atoms with Gasteiger partial charge in [0.1, 0.15) is 11.4 Å². The Bertz CT molecular complexity index is 925. The molecule has 0 saturated carbocycles. The number of nitrogens with zero attached hydrogens (tertiary/aromatic N) is 5. The number of aryl methyl sites for hydroxylation is 2. The molecule has 0 aliphatic carbocycles. The molecule has 1 N–H and O–H groups in total. The van der Waals surface area contributed by atoms with Gasteiger partial charge in [-0.25, -0.2) is 14.5 Å². The van der Waals surface area contributed by atoms with Gasteiger partial charge in [-0.15, -0.1) is 0 Å². The van der Waals surface area contributed by atoms with Crippen molar-refractivity contribution in [2.75, 3.05) is 13.2 Å². The molecule has 1 atom stereocenters. The molecular formula is C18H22N6O2. The highest BCUT2D eigenvalue weighted by Gasteiger charge is 2.30. The van der Waals surface area contributed by atoms with Crippen LogP contribution in [0.2, 0.25) is 0 Å². The molecule has 3 aromatic heterocycles. The minimum Gasteiger partial charge on any atom is -0.381 e. The number of carbonyl (C=O) groups is 1. The van der Waals surface area contributed by atoms with Gasteiger partial charge < -0.3 is 14.6 Å². The van der Waals surface area contributed by atoms with Crippen molar-refractivity contribution in [2.45, 2.75) is 25.8 Å². The molecule has 8 nitrogen and oxygen atoms in total. The highest BCUT2D eigenvalue weighted by atomic mass is 16.5.